The van der Waals surface area contributed by atoms with Crippen molar-refractivity contribution in [3.05, 3.63) is 78.4 Å². The van der Waals surface area contributed by atoms with Gasteiger partial charge >= 0.3 is 0 Å². The van der Waals surface area contributed by atoms with Crippen molar-refractivity contribution < 1.29 is 13.2 Å². The summed E-state index contributed by atoms with van der Waals surface area (Å²) in [6.07, 6.45) is 0. The van der Waals surface area contributed by atoms with Crippen molar-refractivity contribution in [3.8, 4) is 17.2 Å². The predicted molar refractivity (Wildman–Crippen MR) is 139 cm³/mol. The lowest BCUT2D eigenvalue weighted by atomic mass is 10.0. The van der Waals surface area contributed by atoms with Crippen molar-refractivity contribution in [2.75, 3.05) is 10.6 Å². The summed E-state index contributed by atoms with van der Waals surface area (Å²) in [6, 6.07) is 22.9. The quantitative estimate of drug-likeness (QED) is 0.425. The highest BCUT2D eigenvalue weighted by molar-refractivity contribution is 7.89. The fourth-order valence-electron chi connectivity index (χ4n) is 3.50. The number of anilines is 2. The highest BCUT2D eigenvalue weighted by Crippen LogP contribution is 2.29. The first-order chi connectivity index (χ1) is 16.3. The molecule has 0 radical (unpaired) electrons. The largest absolute Gasteiger partial charge is 0.372 e. The lowest BCUT2D eigenvalue weighted by Gasteiger charge is -2.26. The third kappa shape index (κ3) is 6.69. The van der Waals surface area contributed by atoms with Crippen LogP contribution in [0.3, 0.4) is 0 Å². The second-order valence-corrected chi connectivity index (χ2v) is 11.5. The van der Waals surface area contributed by atoms with Gasteiger partial charge in [0.1, 0.15) is 5.54 Å². The van der Waals surface area contributed by atoms with Crippen LogP contribution in [0, 0.1) is 11.3 Å². The number of carbonyl (C=O) groups excluding carboxylic acids is 1. The van der Waals surface area contributed by atoms with Gasteiger partial charge < -0.3 is 10.6 Å². The van der Waals surface area contributed by atoms with Gasteiger partial charge in [-0.15, -0.1) is 0 Å². The molecule has 0 atom stereocenters. The monoisotopic (exact) mass is 490 g/mol. The van der Waals surface area contributed by atoms with Gasteiger partial charge in [-0.1, -0.05) is 36.4 Å². The van der Waals surface area contributed by atoms with E-state index in [1.54, 1.807) is 107 Å². The minimum atomic E-state index is -3.73. The van der Waals surface area contributed by atoms with Crippen LogP contribution in [0.2, 0.25) is 0 Å². The van der Waals surface area contributed by atoms with Gasteiger partial charge in [-0.05, 0) is 76.6 Å². The molecule has 1 amide bonds. The average molecular weight is 491 g/mol. The predicted octanol–water partition coefficient (Wildman–Crippen LogP) is 5.13. The number of hydrogen-bond donors (Lipinski definition) is 3. The maximum atomic E-state index is 13.0. The van der Waals surface area contributed by atoms with Crippen molar-refractivity contribution >= 4 is 27.3 Å². The number of nitrogens with one attached hydrogen (secondary N) is 3. The first-order valence-corrected chi connectivity index (χ1v) is 12.6. The Morgan fingerprint density at radius 1 is 0.857 bits per heavy atom. The molecule has 0 saturated heterocycles. The molecule has 3 N–H and O–H groups in total. The van der Waals surface area contributed by atoms with E-state index < -0.39 is 21.1 Å². The second kappa shape index (κ2) is 9.90. The van der Waals surface area contributed by atoms with E-state index in [0.29, 0.717) is 28.1 Å². The maximum Gasteiger partial charge on any atom is 0.249 e. The molecule has 0 aliphatic rings. The fourth-order valence-corrected chi connectivity index (χ4v) is 5.15. The molecule has 3 rings (SSSR count). The van der Waals surface area contributed by atoms with Gasteiger partial charge in [0.15, 0.2) is 0 Å². The summed E-state index contributed by atoms with van der Waals surface area (Å²) >= 11 is 0. The number of hydrogen-bond acceptors (Lipinski definition) is 5. The molecule has 35 heavy (non-hydrogen) atoms. The normalized spacial score (nSPS) is 12.0. The summed E-state index contributed by atoms with van der Waals surface area (Å²) in [4.78, 5) is 13.1. The zero-order valence-electron chi connectivity index (χ0n) is 20.5. The maximum absolute atomic E-state index is 13.0. The van der Waals surface area contributed by atoms with Gasteiger partial charge in [0.05, 0.1) is 16.5 Å². The van der Waals surface area contributed by atoms with E-state index >= 15 is 0 Å². The van der Waals surface area contributed by atoms with Gasteiger partial charge in [-0.3, -0.25) is 4.79 Å². The second-order valence-electron chi connectivity index (χ2n) is 9.83. The van der Waals surface area contributed by atoms with E-state index in [0.717, 1.165) is 0 Å². The van der Waals surface area contributed by atoms with E-state index in [4.69, 9.17) is 5.26 Å². The molecule has 0 aromatic heterocycles. The van der Waals surface area contributed by atoms with Crippen molar-refractivity contribution in [2.45, 2.75) is 50.6 Å². The molecular weight excluding hydrogens is 460 g/mol. The zero-order chi connectivity index (χ0) is 25.9. The summed E-state index contributed by atoms with van der Waals surface area (Å²) in [5, 5.41) is 15.1. The van der Waals surface area contributed by atoms with Gasteiger partial charge in [0.2, 0.25) is 15.9 Å². The molecule has 0 heterocycles. The lowest BCUT2D eigenvalue weighted by Crippen LogP contribution is -2.44. The van der Waals surface area contributed by atoms with Gasteiger partial charge in [0, 0.05) is 22.5 Å². The lowest BCUT2D eigenvalue weighted by molar-refractivity contribution is -0.119. The third-order valence-corrected chi connectivity index (χ3v) is 6.90. The number of carbonyl (C=O) groups is 1. The Balaban J connectivity index is 1.79. The Kier molecular flexibility index (Phi) is 7.34. The van der Waals surface area contributed by atoms with Crippen LogP contribution in [0.1, 0.15) is 40.2 Å². The molecule has 0 fully saturated rings. The SMILES string of the molecule is CC(C)(C)NS(=O)(=O)c1ccccc1-c1ccc(NC(=O)C(C)(C)Nc2cccc(C#N)c2)cc1. The molecule has 8 heteroatoms. The molecule has 0 saturated carbocycles. The van der Waals surface area contributed by atoms with Crippen molar-refractivity contribution in [1.29, 1.82) is 5.26 Å². The average Bonchev–Trinajstić information content (AvgIpc) is 2.78. The Morgan fingerprint density at radius 3 is 2.14 bits per heavy atom. The number of amides is 1. The van der Waals surface area contributed by atoms with E-state index in [1.807, 2.05) is 0 Å². The van der Waals surface area contributed by atoms with Crippen LogP contribution in [-0.4, -0.2) is 25.4 Å². The van der Waals surface area contributed by atoms with Gasteiger partial charge in [-0.25, -0.2) is 13.1 Å². The first kappa shape index (κ1) is 25.9. The highest BCUT2D eigenvalue weighted by atomic mass is 32.2. The fraction of sp³-hybridized carbons (Fsp3) is 0.259. The van der Waals surface area contributed by atoms with Crippen molar-refractivity contribution in [3.63, 3.8) is 0 Å². The Labute approximate surface area is 207 Å². The Morgan fingerprint density at radius 2 is 1.51 bits per heavy atom. The molecule has 0 aliphatic carbocycles. The molecular formula is C27H30N4O3S. The van der Waals surface area contributed by atoms with Crippen molar-refractivity contribution in [2.24, 2.45) is 0 Å². The van der Waals surface area contributed by atoms with Crippen LogP contribution in [0.5, 0.6) is 0 Å². The summed E-state index contributed by atoms with van der Waals surface area (Å²) in [6.45, 7) is 8.88. The van der Waals surface area contributed by atoms with Crippen LogP contribution >= 0.6 is 0 Å². The number of nitrogens with zero attached hydrogens (tertiary/aromatic N) is 1. The molecule has 3 aromatic rings. The minimum Gasteiger partial charge on any atom is -0.372 e. The zero-order valence-corrected chi connectivity index (χ0v) is 21.3. The van der Waals surface area contributed by atoms with Gasteiger partial charge in [-0.2, -0.15) is 5.26 Å². The summed E-state index contributed by atoms with van der Waals surface area (Å²) < 4.78 is 28.6. The van der Waals surface area contributed by atoms with Crippen LogP contribution in [-0.2, 0) is 14.8 Å². The molecule has 3 aromatic carbocycles. The molecule has 0 aliphatic heterocycles. The van der Waals surface area contributed by atoms with E-state index in [9.17, 15) is 13.2 Å². The summed E-state index contributed by atoms with van der Waals surface area (Å²) in [7, 11) is -3.73. The number of sulfonamides is 1. The molecule has 7 nitrogen and oxygen atoms in total. The summed E-state index contributed by atoms with van der Waals surface area (Å²) in [5.41, 5.74) is 1.46. The standard InChI is InChI=1S/C27H30N4O3S/c1-26(2,3)31-35(33,34)24-12-7-6-11-23(24)20-13-15-21(16-14-20)29-25(32)27(4,5)30-22-10-8-9-19(17-22)18-28/h6-17,30-31H,1-5H3,(H,29,32). The van der Waals surface area contributed by atoms with Gasteiger partial charge in [0.25, 0.3) is 0 Å². The van der Waals surface area contributed by atoms with E-state index in [1.165, 1.54) is 0 Å². The number of benzene rings is 3. The minimum absolute atomic E-state index is 0.191. The van der Waals surface area contributed by atoms with E-state index in [2.05, 4.69) is 21.4 Å². The third-order valence-electron chi connectivity index (χ3n) is 5.09. The van der Waals surface area contributed by atoms with Crippen LogP contribution < -0.4 is 15.4 Å². The van der Waals surface area contributed by atoms with Crippen molar-refractivity contribution in [1.82, 2.24) is 4.72 Å². The highest BCUT2D eigenvalue weighted by Gasteiger charge is 2.28. The molecule has 0 unspecified atom stereocenters. The van der Waals surface area contributed by atoms with E-state index in [-0.39, 0.29) is 10.8 Å². The first-order valence-electron chi connectivity index (χ1n) is 11.1. The molecule has 0 spiro atoms. The van der Waals surface area contributed by atoms with Crippen LogP contribution in [0.25, 0.3) is 11.1 Å². The molecule has 0 bridgehead atoms. The number of nitriles is 1. The van der Waals surface area contributed by atoms with Crippen LogP contribution in [0.4, 0.5) is 11.4 Å². The Hall–Kier alpha value is -3.67. The Bertz CT molecular complexity index is 1370. The molecule has 182 valence electrons. The van der Waals surface area contributed by atoms with Crippen LogP contribution in [0.15, 0.2) is 77.7 Å². The number of rotatable bonds is 7. The summed E-state index contributed by atoms with van der Waals surface area (Å²) in [5.74, 6) is -0.259. The smallest absolute Gasteiger partial charge is 0.249 e. The topological polar surface area (TPSA) is 111 Å².